The molecule has 0 aromatic carbocycles. The number of nitrogens with zero attached hydrogens (tertiary/aromatic N) is 2. The zero-order chi connectivity index (χ0) is 18.9. The van der Waals surface area contributed by atoms with Gasteiger partial charge in [-0.05, 0) is 25.7 Å². The molecule has 7 nitrogen and oxygen atoms in total. The molecule has 158 valence electrons. The van der Waals surface area contributed by atoms with Gasteiger partial charge in [-0.1, -0.05) is 13.3 Å². The number of nitrogens with one attached hydrogen (secondary N) is 2. The van der Waals surface area contributed by atoms with Gasteiger partial charge in [0.25, 0.3) is 0 Å². The number of aliphatic imine (C=N–C) groups is 1. The normalized spacial score (nSPS) is 26.8. The van der Waals surface area contributed by atoms with Crippen LogP contribution in [0.2, 0.25) is 0 Å². The average molecular weight is 514 g/mol. The molecule has 9 heteroatoms. The second-order valence-electron chi connectivity index (χ2n) is 7.36. The zero-order valence-corrected chi connectivity index (χ0v) is 19.9. The Morgan fingerprint density at radius 1 is 1.30 bits per heavy atom. The Morgan fingerprint density at radius 2 is 2.07 bits per heavy atom. The van der Waals surface area contributed by atoms with Gasteiger partial charge in [-0.2, -0.15) is 0 Å². The van der Waals surface area contributed by atoms with E-state index in [-0.39, 0.29) is 47.7 Å². The lowest BCUT2D eigenvalue weighted by Gasteiger charge is -2.30. The lowest BCUT2D eigenvalue weighted by atomic mass is 9.95. The third kappa shape index (κ3) is 8.64. The van der Waals surface area contributed by atoms with Crippen LogP contribution in [-0.4, -0.2) is 78.4 Å². The van der Waals surface area contributed by atoms with Gasteiger partial charge < -0.3 is 20.3 Å². The summed E-state index contributed by atoms with van der Waals surface area (Å²) in [7, 11) is 2.72. The molecule has 1 aliphatic carbocycles. The van der Waals surface area contributed by atoms with Crippen molar-refractivity contribution >= 4 is 46.6 Å². The van der Waals surface area contributed by atoms with E-state index in [1.807, 2.05) is 6.92 Å². The van der Waals surface area contributed by atoms with Crippen LogP contribution < -0.4 is 10.6 Å². The van der Waals surface area contributed by atoms with E-state index in [0.29, 0.717) is 11.9 Å². The number of guanidine groups is 1. The Labute approximate surface area is 182 Å². The van der Waals surface area contributed by atoms with Crippen LogP contribution in [0.15, 0.2) is 4.99 Å². The molecule has 0 spiro atoms. The van der Waals surface area contributed by atoms with E-state index in [0.717, 1.165) is 57.6 Å². The van der Waals surface area contributed by atoms with Crippen molar-refractivity contribution in [3.05, 3.63) is 0 Å². The lowest BCUT2D eigenvalue weighted by Crippen LogP contribution is -2.48. The van der Waals surface area contributed by atoms with Crippen LogP contribution in [0.4, 0.5) is 0 Å². The van der Waals surface area contributed by atoms with Crippen molar-refractivity contribution in [2.24, 2.45) is 10.9 Å². The number of hydrogen-bond donors (Lipinski definition) is 2. The number of amides is 1. The molecule has 1 saturated carbocycles. The summed E-state index contributed by atoms with van der Waals surface area (Å²) in [5.74, 6) is 1.86. The third-order valence-corrected chi connectivity index (χ3v) is 6.82. The summed E-state index contributed by atoms with van der Waals surface area (Å²) < 4.78 is 17.6. The van der Waals surface area contributed by atoms with Gasteiger partial charge in [-0.3, -0.25) is 9.00 Å². The number of likely N-dealkylation sites (N-methyl/N-ethyl adjacent to an activating group) is 1. The topological polar surface area (TPSA) is 83.0 Å². The molecular weight excluding hydrogens is 479 g/mol. The second kappa shape index (κ2) is 12.9. The lowest BCUT2D eigenvalue weighted by molar-refractivity contribution is -0.127. The Bertz CT molecular complexity index is 513. The Hall–Kier alpha value is -0.420. The molecule has 1 aliphatic heterocycles. The van der Waals surface area contributed by atoms with E-state index in [2.05, 4.69) is 15.6 Å². The first-order valence-corrected chi connectivity index (χ1v) is 11.1. The number of carbonyl (C=O) groups is 1. The highest BCUT2D eigenvalue weighted by Crippen LogP contribution is 2.23. The number of hydrogen-bond acceptors (Lipinski definition) is 4. The van der Waals surface area contributed by atoms with Gasteiger partial charge in [0, 0.05) is 61.0 Å². The van der Waals surface area contributed by atoms with E-state index in [1.165, 1.54) is 0 Å². The van der Waals surface area contributed by atoms with Crippen LogP contribution in [0.25, 0.3) is 0 Å². The first kappa shape index (κ1) is 24.6. The van der Waals surface area contributed by atoms with E-state index in [4.69, 9.17) is 4.74 Å². The highest BCUT2D eigenvalue weighted by molar-refractivity contribution is 14.0. The molecule has 0 aromatic heterocycles. The molecule has 0 bridgehead atoms. The maximum atomic E-state index is 12.2. The fourth-order valence-electron chi connectivity index (χ4n) is 3.37. The van der Waals surface area contributed by atoms with Gasteiger partial charge >= 0.3 is 0 Å². The van der Waals surface area contributed by atoms with Gasteiger partial charge in [0.1, 0.15) is 6.54 Å². The van der Waals surface area contributed by atoms with Crippen molar-refractivity contribution in [1.29, 1.82) is 0 Å². The van der Waals surface area contributed by atoms with Crippen LogP contribution in [0, 0.1) is 5.92 Å². The minimum Gasteiger partial charge on any atom is -0.381 e. The third-order valence-electron chi connectivity index (χ3n) is 5.08. The molecule has 2 rings (SSSR count). The summed E-state index contributed by atoms with van der Waals surface area (Å²) in [4.78, 5) is 17.9. The van der Waals surface area contributed by atoms with Crippen LogP contribution in [-0.2, 0) is 20.3 Å². The number of rotatable bonds is 7. The van der Waals surface area contributed by atoms with Gasteiger partial charge in [0.15, 0.2) is 5.96 Å². The molecule has 0 aromatic rings. The molecule has 0 radical (unpaired) electrons. The highest BCUT2D eigenvalue weighted by Gasteiger charge is 2.26. The monoisotopic (exact) mass is 514 g/mol. The first-order valence-electron chi connectivity index (χ1n) is 9.69. The van der Waals surface area contributed by atoms with Crippen molar-refractivity contribution in [1.82, 2.24) is 15.5 Å². The molecular formula is C18H35IN4O3S. The van der Waals surface area contributed by atoms with Gasteiger partial charge in [-0.25, -0.2) is 4.99 Å². The van der Waals surface area contributed by atoms with Gasteiger partial charge in [-0.15, -0.1) is 24.0 Å². The molecule has 2 N–H and O–H groups in total. The van der Waals surface area contributed by atoms with Crippen molar-refractivity contribution in [2.45, 2.75) is 50.3 Å². The van der Waals surface area contributed by atoms with E-state index in [9.17, 15) is 9.00 Å². The number of carbonyl (C=O) groups excluding carboxylic acids is 1. The molecule has 27 heavy (non-hydrogen) atoms. The SMILES string of the molecule is CCS(=O)C1CCCC(NC(=NCC(=O)N(C)C)NCC2CCOC2)C1.I. The van der Waals surface area contributed by atoms with Gasteiger partial charge in [0.05, 0.1) is 6.61 Å². The fraction of sp³-hybridized carbons (Fsp3) is 0.889. The van der Waals surface area contributed by atoms with Crippen molar-refractivity contribution in [3.8, 4) is 0 Å². The Morgan fingerprint density at radius 3 is 2.70 bits per heavy atom. The smallest absolute Gasteiger partial charge is 0.243 e. The van der Waals surface area contributed by atoms with Crippen LogP contribution in [0.3, 0.4) is 0 Å². The minimum absolute atomic E-state index is 0. The number of ether oxygens (including phenoxy) is 1. The Balaban J connectivity index is 0.00000364. The van der Waals surface area contributed by atoms with Crippen LogP contribution >= 0.6 is 24.0 Å². The molecule has 1 amide bonds. The summed E-state index contributed by atoms with van der Waals surface area (Å²) in [5.41, 5.74) is 0. The minimum atomic E-state index is -0.749. The van der Waals surface area contributed by atoms with Gasteiger partial charge in [0.2, 0.25) is 5.91 Å². The molecule has 4 atom stereocenters. The molecule has 4 unspecified atom stereocenters. The van der Waals surface area contributed by atoms with Crippen molar-refractivity contribution in [3.63, 3.8) is 0 Å². The average Bonchev–Trinajstić information content (AvgIpc) is 3.16. The predicted octanol–water partition coefficient (Wildman–Crippen LogP) is 1.34. The van der Waals surface area contributed by atoms with Crippen LogP contribution in [0.5, 0.6) is 0 Å². The summed E-state index contributed by atoms with van der Waals surface area (Å²) >= 11 is 0. The summed E-state index contributed by atoms with van der Waals surface area (Å²) in [5, 5.41) is 7.11. The quantitative estimate of drug-likeness (QED) is 0.305. The summed E-state index contributed by atoms with van der Waals surface area (Å²) in [6, 6.07) is 0.254. The fourth-order valence-corrected chi connectivity index (χ4v) is 4.72. The number of halogens is 1. The molecule has 1 saturated heterocycles. The first-order chi connectivity index (χ1) is 12.5. The summed E-state index contributed by atoms with van der Waals surface area (Å²) in [6.45, 7) is 4.49. The molecule has 2 fully saturated rings. The molecule has 1 heterocycles. The van der Waals surface area contributed by atoms with Crippen molar-refractivity contribution < 1.29 is 13.7 Å². The van der Waals surface area contributed by atoms with E-state index >= 15 is 0 Å². The largest absolute Gasteiger partial charge is 0.381 e. The van der Waals surface area contributed by atoms with Crippen LogP contribution in [0.1, 0.15) is 39.0 Å². The summed E-state index contributed by atoms with van der Waals surface area (Å²) in [6.07, 6.45) is 5.12. The standard InChI is InChI=1S/C18H34N4O3S.HI/c1-4-26(24)16-7-5-6-15(10-16)21-18(20-12-17(23)22(2)3)19-11-14-8-9-25-13-14;/h14-16H,4-13H2,1-3H3,(H2,19,20,21);1H. The second-order valence-corrected chi connectivity index (χ2v) is 9.37. The zero-order valence-electron chi connectivity index (χ0n) is 16.7. The highest BCUT2D eigenvalue weighted by atomic mass is 127. The molecule has 2 aliphatic rings. The van der Waals surface area contributed by atoms with E-state index < -0.39 is 10.8 Å². The van der Waals surface area contributed by atoms with E-state index in [1.54, 1.807) is 19.0 Å². The maximum absolute atomic E-state index is 12.2. The maximum Gasteiger partial charge on any atom is 0.243 e. The Kier molecular flexibility index (Phi) is 11.8. The van der Waals surface area contributed by atoms with Crippen molar-refractivity contribution in [2.75, 3.05) is 46.2 Å². The predicted molar refractivity (Wildman–Crippen MR) is 121 cm³/mol.